The maximum atomic E-state index is 14.4. The molecule has 0 aliphatic carbocycles. The summed E-state index contributed by atoms with van der Waals surface area (Å²) < 4.78 is 14.4. The van der Waals surface area contributed by atoms with Gasteiger partial charge in [0.2, 0.25) is 0 Å². The Bertz CT molecular complexity index is 1250. The lowest BCUT2D eigenvalue weighted by atomic mass is 10.0. The Labute approximate surface area is 184 Å². The standard InChI is InChI=1S/C23H22ClFN6/c1-30(2)17-7-8-31(13-17)18-10-15-9-14(3-6-21(15)26-12-18)22-23(28-29-27-22)19-11-16(24)4-5-20(19)25/h3-6,9-12,17H,7-8,13H2,1-2H3,(H,27,28,29)/t17-/m0/s1. The molecule has 3 heterocycles. The molecule has 8 heteroatoms. The number of nitrogens with one attached hydrogen (secondary N) is 1. The number of aromatic nitrogens is 4. The van der Waals surface area contributed by atoms with E-state index in [1.54, 1.807) is 6.07 Å². The minimum absolute atomic E-state index is 0.315. The van der Waals surface area contributed by atoms with Gasteiger partial charge >= 0.3 is 0 Å². The van der Waals surface area contributed by atoms with Crippen LogP contribution in [-0.2, 0) is 0 Å². The molecule has 1 atom stereocenters. The summed E-state index contributed by atoms with van der Waals surface area (Å²) in [5.41, 5.74) is 4.15. The van der Waals surface area contributed by atoms with Crippen molar-refractivity contribution in [3.63, 3.8) is 0 Å². The number of aromatic amines is 1. The molecule has 1 fully saturated rings. The average molecular weight is 437 g/mol. The fraction of sp³-hybridized carbons (Fsp3) is 0.261. The van der Waals surface area contributed by atoms with E-state index in [9.17, 15) is 4.39 Å². The van der Waals surface area contributed by atoms with Crippen LogP contribution in [0.15, 0.2) is 48.7 Å². The molecule has 0 bridgehead atoms. The van der Waals surface area contributed by atoms with Gasteiger partial charge in [0.25, 0.3) is 0 Å². The van der Waals surface area contributed by atoms with E-state index in [1.165, 1.54) is 12.1 Å². The zero-order chi connectivity index (χ0) is 21.5. The fourth-order valence-electron chi connectivity index (χ4n) is 4.14. The van der Waals surface area contributed by atoms with E-state index < -0.39 is 5.82 Å². The van der Waals surface area contributed by atoms with E-state index in [4.69, 9.17) is 11.6 Å². The number of pyridine rings is 1. The monoisotopic (exact) mass is 436 g/mol. The Morgan fingerprint density at radius 1 is 1.10 bits per heavy atom. The van der Waals surface area contributed by atoms with Gasteiger partial charge in [0.1, 0.15) is 17.2 Å². The van der Waals surface area contributed by atoms with Crippen LogP contribution in [-0.4, -0.2) is 58.5 Å². The molecule has 1 aliphatic rings. The van der Waals surface area contributed by atoms with Gasteiger partial charge in [0.05, 0.1) is 17.4 Å². The van der Waals surface area contributed by atoms with E-state index in [0.717, 1.165) is 41.7 Å². The summed E-state index contributed by atoms with van der Waals surface area (Å²) in [7, 11) is 4.24. The lowest BCUT2D eigenvalue weighted by Crippen LogP contribution is -2.31. The first-order valence-corrected chi connectivity index (χ1v) is 10.5. The van der Waals surface area contributed by atoms with Gasteiger partial charge in [-0.1, -0.05) is 17.7 Å². The molecule has 31 heavy (non-hydrogen) atoms. The topological polar surface area (TPSA) is 60.9 Å². The van der Waals surface area contributed by atoms with Crippen molar-refractivity contribution in [1.29, 1.82) is 0 Å². The van der Waals surface area contributed by atoms with Crippen molar-refractivity contribution >= 4 is 28.2 Å². The number of fused-ring (bicyclic) bond motifs is 1. The maximum Gasteiger partial charge on any atom is 0.132 e. The highest BCUT2D eigenvalue weighted by molar-refractivity contribution is 6.30. The highest BCUT2D eigenvalue weighted by atomic mass is 35.5. The zero-order valence-corrected chi connectivity index (χ0v) is 18.1. The van der Waals surface area contributed by atoms with Crippen LogP contribution >= 0.6 is 11.6 Å². The molecular formula is C23H22ClFN6. The molecule has 0 spiro atoms. The molecule has 6 nitrogen and oxygen atoms in total. The van der Waals surface area contributed by atoms with Crippen LogP contribution in [0.4, 0.5) is 10.1 Å². The number of anilines is 1. The number of nitrogens with zero attached hydrogens (tertiary/aromatic N) is 5. The lowest BCUT2D eigenvalue weighted by molar-refractivity contribution is 0.315. The Balaban J connectivity index is 1.53. The molecule has 2 aromatic heterocycles. The fourth-order valence-corrected chi connectivity index (χ4v) is 4.31. The molecule has 0 unspecified atom stereocenters. The van der Waals surface area contributed by atoms with Gasteiger partial charge in [-0.15, -0.1) is 0 Å². The SMILES string of the molecule is CN(C)[C@H]1CCN(c2cnc3ccc(-c4n[nH]nc4-c4cc(Cl)ccc4F)cc3c2)C1. The second kappa shape index (κ2) is 7.90. The number of halogens is 2. The van der Waals surface area contributed by atoms with Crippen LogP contribution in [0.5, 0.6) is 0 Å². The first-order chi connectivity index (χ1) is 15.0. The normalized spacial score (nSPS) is 16.5. The van der Waals surface area contributed by atoms with Gasteiger partial charge < -0.3 is 9.80 Å². The Morgan fingerprint density at radius 2 is 1.94 bits per heavy atom. The summed E-state index contributed by atoms with van der Waals surface area (Å²) in [4.78, 5) is 9.29. The Morgan fingerprint density at radius 3 is 2.74 bits per heavy atom. The number of rotatable bonds is 4. The molecule has 1 aliphatic heterocycles. The largest absolute Gasteiger partial charge is 0.369 e. The van der Waals surface area contributed by atoms with Crippen molar-refractivity contribution in [2.45, 2.75) is 12.5 Å². The zero-order valence-electron chi connectivity index (χ0n) is 17.3. The summed E-state index contributed by atoms with van der Waals surface area (Å²) >= 11 is 6.08. The molecule has 2 aromatic carbocycles. The molecule has 0 saturated carbocycles. The van der Waals surface area contributed by atoms with E-state index in [2.05, 4.69) is 50.4 Å². The second-order valence-electron chi connectivity index (χ2n) is 8.10. The van der Waals surface area contributed by atoms with Gasteiger partial charge in [-0.25, -0.2) is 4.39 Å². The predicted octanol–water partition coefficient (Wildman–Crippen LogP) is 4.62. The van der Waals surface area contributed by atoms with Crippen LogP contribution in [0.1, 0.15) is 6.42 Å². The molecule has 0 radical (unpaired) electrons. The molecule has 1 N–H and O–H groups in total. The van der Waals surface area contributed by atoms with Gasteiger partial charge in [-0.3, -0.25) is 4.98 Å². The number of benzene rings is 2. The summed E-state index contributed by atoms with van der Waals surface area (Å²) in [6.45, 7) is 2.00. The number of hydrogen-bond acceptors (Lipinski definition) is 5. The first-order valence-electron chi connectivity index (χ1n) is 10.2. The van der Waals surface area contributed by atoms with Crippen LogP contribution in [0.2, 0.25) is 5.02 Å². The van der Waals surface area contributed by atoms with Crippen LogP contribution in [0.25, 0.3) is 33.4 Å². The molecule has 158 valence electrons. The quantitative estimate of drug-likeness (QED) is 0.505. The van der Waals surface area contributed by atoms with Gasteiger partial charge in [-0.2, -0.15) is 15.4 Å². The molecule has 0 amide bonds. The summed E-state index contributed by atoms with van der Waals surface area (Å²) in [6.07, 6.45) is 3.07. The predicted molar refractivity (Wildman–Crippen MR) is 122 cm³/mol. The highest BCUT2D eigenvalue weighted by Gasteiger charge is 2.24. The third-order valence-electron chi connectivity index (χ3n) is 5.93. The maximum absolute atomic E-state index is 14.4. The minimum atomic E-state index is -0.395. The Kier molecular flexibility index (Phi) is 5.08. The lowest BCUT2D eigenvalue weighted by Gasteiger charge is -2.21. The summed E-state index contributed by atoms with van der Waals surface area (Å²) in [5.74, 6) is -0.395. The second-order valence-corrected chi connectivity index (χ2v) is 8.53. The number of likely N-dealkylation sites (N-methyl/N-ethyl adjacent to an activating group) is 1. The van der Waals surface area contributed by atoms with Crippen molar-refractivity contribution in [3.8, 4) is 22.5 Å². The van der Waals surface area contributed by atoms with Crippen molar-refractivity contribution in [2.75, 3.05) is 32.1 Å². The van der Waals surface area contributed by atoms with E-state index in [1.807, 2.05) is 24.4 Å². The first kappa shape index (κ1) is 19.9. The third kappa shape index (κ3) is 3.75. The molecule has 4 aromatic rings. The highest BCUT2D eigenvalue weighted by Crippen LogP contribution is 2.33. The third-order valence-corrected chi connectivity index (χ3v) is 6.17. The molecular weight excluding hydrogens is 415 g/mol. The van der Waals surface area contributed by atoms with E-state index in [-0.39, 0.29) is 0 Å². The van der Waals surface area contributed by atoms with Crippen molar-refractivity contribution in [2.24, 2.45) is 0 Å². The van der Waals surface area contributed by atoms with Crippen LogP contribution in [0, 0.1) is 5.82 Å². The van der Waals surface area contributed by atoms with Crippen LogP contribution in [0.3, 0.4) is 0 Å². The minimum Gasteiger partial charge on any atom is -0.369 e. The van der Waals surface area contributed by atoms with Gasteiger partial charge in [-0.05, 0) is 56.9 Å². The van der Waals surface area contributed by atoms with E-state index in [0.29, 0.717) is 28.0 Å². The summed E-state index contributed by atoms with van der Waals surface area (Å²) in [5, 5.41) is 12.5. The average Bonchev–Trinajstić information content (AvgIpc) is 3.45. The Hall–Kier alpha value is -3.03. The van der Waals surface area contributed by atoms with Gasteiger partial charge in [0, 0.05) is 40.7 Å². The van der Waals surface area contributed by atoms with Crippen molar-refractivity contribution < 1.29 is 4.39 Å². The summed E-state index contributed by atoms with van der Waals surface area (Å²) in [6, 6.07) is 13.0. The van der Waals surface area contributed by atoms with Gasteiger partial charge in [0.15, 0.2) is 0 Å². The molecule has 5 rings (SSSR count). The van der Waals surface area contributed by atoms with E-state index >= 15 is 0 Å². The molecule has 1 saturated heterocycles. The number of H-pyrrole nitrogens is 1. The number of hydrogen-bond donors (Lipinski definition) is 1. The van der Waals surface area contributed by atoms with Crippen molar-refractivity contribution in [1.82, 2.24) is 25.3 Å². The van der Waals surface area contributed by atoms with Crippen LogP contribution < -0.4 is 4.90 Å². The van der Waals surface area contributed by atoms with Crippen molar-refractivity contribution in [3.05, 3.63) is 59.5 Å². The smallest absolute Gasteiger partial charge is 0.132 e.